The number of carbonyl (C=O) groups excluding carboxylic acids is 1. The Kier molecular flexibility index (Phi) is 7.90. The lowest BCUT2D eigenvalue weighted by molar-refractivity contribution is 0.0521. The molecule has 2 atom stereocenters. The average molecular weight is 327 g/mol. The number of alkyl carbamates (subject to hydrolysis) is 1. The van der Waals surface area contributed by atoms with E-state index in [-0.39, 0.29) is 12.1 Å². The summed E-state index contributed by atoms with van der Waals surface area (Å²) >= 11 is 1.77. The van der Waals surface area contributed by atoms with Gasteiger partial charge in [-0.15, -0.1) is 11.3 Å². The molecule has 1 heterocycles. The first kappa shape index (κ1) is 19.0. The fraction of sp³-hybridized carbons (Fsp3) is 0.706. The van der Waals surface area contributed by atoms with E-state index in [9.17, 15) is 4.79 Å². The highest BCUT2D eigenvalue weighted by Gasteiger charge is 2.19. The van der Waals surface area contributed by atoms with E-state index in [0.29, 0.717) is 12.6 Å². The van der Waals surface area contributed by atoms with Crippen LogP contribution in [0.15, 0.2) is 17.5 Å². The van der Waals surface area contributed by atoms with Crippen molar-refractivity contribution in [1.82, 2.24) is 10.6 Å². The summed E-state index contributed by atoms with van der Waals surface area (Å²) in [4.78, 5) is 13.1. The molecule has 1 aromatic heterocycles. The molecule has 1 amide bonds. The van der Waals surface area contributed by atoms with E-state index in [1.54, 1.807) is 11.3 Å². The van der Waals surface area contributed by atoms with Crippen LogP contribution in [0.3, 0.4) is 0 Å². The van der Waals surface area contributed by atoms with Gasteiger partial charge in [0.2, 0.25) is 0 Å². The second-order valence-electron chi connectivity index (χ2n) is 6.51. The van der Waals surface area contributed by atoms with Crippen LogP contribution in [-0.2, 0) is 4.74 Å². The maximum atomic E-state index is 11.8. The molecular weight excluding hydrogens is 296 g/mol. The van der Waals surface area contributed by atoms with Gasteiger partial charge in [-0.1, -0.05) is 26.3 Å². The van der Waals surface area contributed by atoms with Crippen LogP contribution >= 0.6 is 11.3 Å². The molecule has 0 aliphatic heterocycles. The van der Waals surface area contributed by atoms with Crippen molar-refractivity contribution in [2.45, 2.75) is 71.6 Å². The van der Waals surface area contributed by atoms with E-state index in [2.05, 4.69) is 42.0 Å². The molecule has 0 saturated carbocycles. The molecule has 0 aliphatic carbocycles. The van der Waals surface area contributed by atoms with E-state index >= 15 is 0 Å². The van der Waals surface area contributed by atoms with Crippen molar-refractivity contribution in [3.05, 3.63) is 22.4 Å². The van der Waals surface area contributed by atoms with Crippen molar-refractivity contribution >= 4 is 17.4 Å². The Balaban J connectivity index is 2.52. The molecule has 0 aliphatic rings. The van der Waals surface area contributed by atoms with Gasteiger partial charge >= 0.3 is 6.09 Å². The van der Waals surface area contributed by atoms with Crippen molar-refractivity contribution in [2.75, 3.05) is 6.54 Å². The van der Waals surface area contributed by atoms with Crippen molar-refractivity contribution in [3.8, 4) is 0 Å². The van der Waals surface area contributed by atoms with Crippen LogP contribution in [0.5, 0.6) is 0 Å². The number of ether oxygens (including phenoxy) is 1. The molecule has 0 spiro atoms. The third kappa shape index (κ3) is 7.27. The average Bonchev–Trinajstić information content (AvgIpc) is 2.93. The standard InChI is InChI=1S/C17H30N2O2S/c1-6-9-13(12-18-16(20)21-17(3,4)5)19-14(7-2)15-10-8-11-22-15/h8,10-11,13-14,19H,6-7,9,12H2,1-5H3,(H,18,20). The van der Waals surface area contributed by atoms with Gasteiger partial charge in [0.15, 0.2) is 0 Å². The maximum absolute atomic E-state index is 11.8. The summed E-state index contributed by atoms with van der Waals surface area (Å²) in [5.41, 5.74) is -0.458. The summed E-state index contributed by atoms with van der Waals surface area (Å²) in [7, 11) is 0. The highest BCUT2D eigenvalue weighted by Crippen LogP contribution is 2.22. The second kappa shape index (κ2) is 9.16. The maximum Gasteiger partial charge on any atom is 0.407 e. The van der Waals surface area contributed by atoms with Gasteiger partial charge in [-0.2, -0.15) is 0 Å². The number of hydrogen-bond donors (Lipinski definition) is 2. The molecule has 5 heteroatoms. The van der Waals surface area contributed by atoms with E-state index in [1.165, 1.54) is 4.88 Å². The monoisotopic (exact) mass is 326 g/mol. The number of rotatable bonds is 8. The van der Waals surface area contributed by atoms with Crippen molar-refractivity contribution in [2.24, 2.45) is 0 Å². The summed E-state index contributed by atoms with van der Waals surface area (Å²) in [6, 6.07) is 4.84. The number of thiophene rings is 1. The molecule has 0 fully saturated rings. The Morgan fingerprint density at radius 3 is 2.59 bits per heavy atom. The molecular formula is C17H30N2O2S. The quantitative estimate of drug-likeness (QED) is 0.740. The fourth-order valence-electron chi connectivity index (χ4n) is 2.29. The second-order valence-corrected chi connectivity index (χ2v) is 7.49. The van der Waals surface area contributed by atoms with Gasteiger partial charge in [0.1, 0.15) is 5.60 Å². The van der Waals surface area contributed by atoms with Gasteiger partial charge in [-0.25, -0.2) is 4.79 Å². The lowest BCUT2D eigenvalue weighted by Gasteiger charge is -2.26. The third-order valence-electron chi connectivity index (χ3n) is 3.26. The molecule has 4 nitrogen and oxygen atoms in total. The highest BCUT2D eigenvalue weighted by molar-refractivity contribution is 7.10. The van der Waals surface area contributed by atoms with Crippen LogP contribution < -0.4 is 10.6 Å². The van der Waals surface area contributed by atoms with Gasteiger partial charge in [-0.3, -0.25) is 0 Å². The first-order chi connectivity index (χ1) is 10.4. The lowest BCUT2D eigenvalue weighted by atomic mass is 10.1. The predicted octanol–water partition coefficient (Wildman–Crippen LogP) is 4.48. The fourth-order valence-corrected chi connectivity index (χ4v) is 3.16. The van der Waals surface area contributed by atoms with Crippen molar-refractivity contribution in [1.29, 1.82) is 0 Å². The minimum absolute atomic E-state index is 0.254. The van der Waals surface area contributed by atoms with Gasteiger partial charge in [0.05, 0.1) is 0 Å². The van der Waals surface area contributed by atoms with Crippen molar-refractivity contribution < 1.29 is 9.53 Å². The molecule has 1 aromatic rings. The van der Waals surface area contributed by atoms with Gasteiger partial charge in [0.25, 0.3) is 0 Å². The zero-order chi connectivity index (χ0) is 16.6. The third-order valence-corrected chi connectivity index (χ3v) is 4.25. The minimum atomic E-state index is -0.458. The van der Waals surface area contributed by atoms with E-state index in [1.807, 2.05) is 20.8 Å². The molecule has 2 N–H and O–H groups in total. The Bertz CT molecular complexity index is 426. The zero-order valence-electron chi connectivity index (χ0n) is 14.4. The van der Waals surface area contributed by atoms with Crippen LogP contribution in [0, 0.1) is 0 Å². The smallest absolute Gasteiger partial charge is 0.407 e. The topological polar surface area (TPSA) is 50.4 Å². The summed E-state index contributed by atoms with van der Waals surface area (Å²) < 4.78 is 5.29. The van der Waals surface area contributed by atoms with Crippen LogP contribution in [0.1, 0.15) is 64.8 Å². The van der Waals surface area contributed by atoms with E-state index in [4.69, 9.17) is 4.74 Å². The molecule has 22 heavy (non-hydrogen) atoms. The van der Waals surface area contributed by atoms with Crippen LogP contribution in [0.4, 0.5) is 4.79 Å². The number of nitrogens with one attached hydrogen (secondary N) is 2. The van der Waals surface area contributed by atoms with Gasteiger partial charge in [-0.05, 0) is 45.1 Å². The Hall–Kier alpha value is -1.07. The highest BCUT2D eigenvalue weighted by atomic mass is 32.1. The molecule has 0 radical (unpaired) electrons. The molecule has 126 valence electrons. The van der Waals surface area contributed by atoms with Crippen LogP contribution in [-0.4, -0.2) is 24.3 Å². The Morgan fingerprint density at radius 1 is 1.36 bits per heavy atom. The first-order valence-corrected chi connectivity index (χ1v) is 9.00. The zero-order valence-corrected chi connectivity index (χ0v) is 15.3. The predicted molar refractivity (Wildman–Crippen MR) is 93.4 cm³/mol. The molecule has 1 rings (SSSR count). The van der Waals surface area contributed by atoms with Crippen LogP contribution in [0.25, 0.3) is 0 Å². The lowest BCUT2D eigenvalue weighted by Crippen LogP contribution is -2.43. The van der Waals surface area contributed by atoms with Crippen molar-refractivity contribution in [3.63, 3.8) is 0 Å². The SMILES string of the molecule is CCCC(CNC(=O)OC(C)(C)C)NC(CC)c1cccs1. The summed E-state index contributed by atoms with van der Waals surface area (Å²) in [6.45, 7) is 10.6. The summed E-state index contributed by atoms with van der Waals surface area (Å²) in [5, 5.41) is 8.65. The van der Waals surface area contributed by atoms with Gasteiger partial charge in [0, 0.05) is 23.5 Å². The summed E-state index contributed by atoms with van der Waals surface area (Å²) in [5.74, 6) is 0. The molecule has 0 saturated heterocycles. The largest absolute Gasteiger partial charge is 0.444 e. The van der Waals surface area contributed by atoms with Crippen LogP contribution in [0.2, 0.25) is 0 Å². The number of amides is 1. The van der Waals surface area contributed by atoms with Gasteiger partial charge < -0.3 is 15.4 Å². The summed E-state index contributed by atoms with van der Waals surface area (Å²) in [6.07, 6.45) is 2.79. The minimum Gasteiger partial charge on any atom is -0.444 e. The molecule has 2 unspecified atom stereocenters. The van der Waals surface area contributed by atoms with E-state index in [0.717, 1.165) is 19.3 Å². The number of hydrogen-bond acceptors (Lipinski definition) is 4. The Labute approximate surface area is 138 Å². The Morgan fingerprint density at radius 2 is 2.09 bits per heavy atom. The normalized spacial score (nSPS) is 14.4. The molecule has 0 bridgehead atoms. The van der Waals surface area contributed by atoms with E-state index < -0.39 is 5.60 Å². The number of carbonyl (C=O) groups is 1. The molecule has 0 aromatic carbocycles. The first-order valence-electron chi connectivity index (χ1n) is 8.12.